The Morgan fingerprint density at radius 1 is 1.47 bits per heavy atom. The van der Waals surface area contributed by atoms with E-state index < -0.39 is 0 Å². The second kappa shape index (κ2) is 2.83. The lowest BCUT2D eigenvalue weighted by atomic mass is 10.2. The van der Waals surface area contributed by atoms with Crippen molar-refractivity contribution < 1.29 is 0 Å². The highest BCUT2D eigenvalue weighted by Gasteiger charge is 2.44. The zero-order valence-corrected chi connectivity index (χ0v) is 10.1. The molecule has 0 radical (unpaired) electrons. The number of hydrogen-bond acceptors (Lipinski definition) is 2. The highest BCUT2D eigenvalue weighted by molar-refractivity contribution is 9.10. The Morgan fingerprint density at radius 3 is 2.87 bits per heavy atom. The number of nitrogens with zero attached hydrogens (tertiary/aromatic N) is 2. The summed E-state index contributed by atoms with van der Waals surface area (Å²) in [7, 11) is 0. The molecule has 15 heavy (non-hydrogen) atoms. The average Bonchev–Trinajstić information content (AvgIpc) is 2.86. The van der Waals surface area contributed by atoms with Gasteiger partial charge in [-0.25, -0.2) is 4.98 Å². The predicted molar refractivity (Wildman–Crippen MR) is 62.7 cm³/mol. The van der Waals surface area contributed by atoms with Gasteiger partial charge in [0.15, 0.2) is 0 Å². The molecule has 78 valence electrons. The average molecular weight is 266 g/mol. The SMILES string of the molecule is Cc1ccc2nc(C3(N)CC3)c(Br)n2c1. The molecule has 3 nitrogen and oxygen atoms in total. The predicted octanol–water partition coefficient (Wildman–Crippen LogP) is 2.35. The van der Waals surface area contributed by atoms with Gasteiger partial charge in [0.05, 0.1) is 11.2 Å². The van der Waals surface area contributed by atoms with Crippen LogP contribution in [0.4, 0.5) is 0 Å². The largest absolute Gasteiger partial charge is 0.320 e. The molecule has 2 aromatic rings. The minimum atomic E-state index is -0.182. The molecule has 0 bridgehead atoms. The Morgan fingerprint density at radius 2 is 2.20 bits per heavy atom. The molecule has 1 aliphatic rings. The first-order chi connectivity index (χ1) is 7.10. The van der Waals surface area contributed by atoms with Crippen molar-refractivity contribution in [2.75, 3.05) is 0 Å². The number of aromatic nitrogens is 2. The van der Waals surface area contributed by atoms with E-state index in [2.05, 4.69) is 44.5 Å². The number of halogens is 1. The van der Waals surface area contributed by atoms with Crippen molar-refractivity contribution >= 4 is 21.6 Å². The van der Waals surface area contributed by atoms with E-state index in [4.69, 9.17) is 5.73 Å². The van der Waals surface area contributed by atoms with Crippen LogP contribution in [0.5, 0.6) is 0 Å². The zero-order valence-electron chi connectivity index (χ0n) is 8.50. The van der Waals surface area contributed by atoms with Gasteiger partial charge in [-0.1, -0.05) is 6.07 Å². The lowest BCUT2D eigenvalue weighted by molar-refractivity contribution is 0.709. The first kappa shape index (κ1) is 9.36. The van der Waals surface area contributed by atoms with E-state index in [9.17, 15) is 0 Å². The summed E-state index contributed by atoms with van der Waals surface area (Å²) in [5, 5.41) is 0. The summed E-state index contributed by atoms with van der Waals surface area (Å²) in [6, 6.07) is 4.09. The van der Waals surface area contributed by atoms with E-state index in [1.165, 1.54) is 5.56 Å². The van der Waals surface area contributed by atoms with Gasteiger partial charge >= 0.3 is 0 Å². The molecule has 1 saturated carbocycles. The van der Waals surface area contributed by atoms with E-state index in [0.717, 1.165) is 28.8 Å². The van der Waals surface area contributed by atoms with Gasteiger partial charge in [-0.05, 0) is 47.3 Å². The maximum absolute atomic E-state index is 6.16. The molecular weight excluding hydrogens is 254 g/mol. The van der Waals surface area contributed by atoms with Crippen LogP contribution in [0.15, 0.2) is 22.9 Å². The number of hydrogen-bond donors (Lipinski definition) is 1. The second-order valence-electron chi connectivity index (χ2n) is 4.34. The third-order valence-corrected chi connectivity index (χ3v) is 3.73. The third-order valence-electron chi connectivity index (χ3n) is 2.97. The number of aryl methyl sites for hydroxylation is 1. The highest BCUT2D eigenvalue weighted by atomic mass is 79.9. The van der Waals surface area contributed by atoms with Crippen LogP contribution >= 0.6 is 15.9 Å². The van der Waals surface area contributed by atoms with Gasteiger partial charge < -0.3 is 5.73 Å². The third kappa shape index (κ3) is 1.32. The fourth-order valence-corrected chi connectivity index (χ4v) is 2.58. The molecule has 1 fully saturated rings. The van der Waals surface area contributed by atoms with Gasteiger partial charge in [0, 0.05) is 6.20 Å². The zero-order chi connectivity index (χ0) is 10.6. The van der Waals surface area contributed by atoms with Gasteiger partial charge in [-0.3, -0.25) is 4.40 Å². The summed E-state index contributed by atoms with van der Waals surface area (Å²) < 4.78 is 3.05. The first-order valence-electron chi connectivity index (χ1n) is 5.04. The molecule has 2 aromatic heterocycles. The molecule has 0 spiro atoms. The van der Waals surface area contributed by atoms with Crippen LogP contribution in [0.2, 0.25) is 0 Å². The van der Waals surface area contributed by atoms with Gasteiger partial charge in [0.2, 0.25) is 0 Å². The summed E-state index contributed by atoms with van der Waals surface area (Å²) in [5.74, 6) is 0. The Balaban J connectivity index is 2.29. The Hall–Kier alpha value is -0.870. The second-order valence-corrected chi connectivity index (χ2v) is 5.09. The van der Waals surface area contributed by atoms with Crippen molar-refractivity contribution in [3.8, 4) is 0 Å². The van der Waals surface area contributed by atoms with E-state index >= 15 is 0 Å². The minimum Gasteiger partial charge on any atom is -0.320 e. The summed E-state index contributed by atoms with van der Waals surface area (Å²) in [6.07, 6.45) is 4.14. The number of imidazole rings is 1. The number of fused-ring (bicyclic) bond motifs is 1. The molecule has 1 aliphatic carbocycles. The van der Waals surface area contributed by atoms with Gasteiger partial charge in [-0.2, -0.15) is 0 Å². The van der Waals surface area contributed by atoms with Crippen LogP contribution < -0.4 is 5.73 Å². The number of nitrogens with two attached hydrogens (primary N) is 1. The van der Waals surface area contributed by atoms with Crippen molar-refractivity contribution in [3.63, 3.8) is 0 Å². The topological polar surface area (TPSA) is 43.3 Å². The fraction of sp³-hybridized carbons (Fsp3) is 0.364. The fourth-order valence-electron chi connectivity index (χ4n) is 1.81. The standard InChI is InChI=1S/C11H12BrN3/c1-7-2-3-8-14-9(11(13)4-5-11)10(12)15(8)6-7/h2-3,6H,4-5,13H2,1H3. The van der Waals surface area contributed by atoms with E-state index in [-0.39, 0.29) is 5.54 Å². The van der Waals surface area contributed by atoms with Crippen LogP contribution in [0.25, 0.3) is 5.65 Å². The monoisotopic (exact) mass is 265 g/mol. The summed E-state index contributed by atoms with van der Waals surface area (Å²) in [5.41, 5.74) is 9.15. The van der Waals surface area contributed by atoms with Crippen molar-refractivity contribution in [1.82, 2.24) is 9.38 Å². The van der Waals surface area contributed by atoms with Crippen LogP contribution in [-0.2, 0) is 5.54 Å². The Bertz CT molecular complexity index is 540. The molecule has 0 saturated heterocycles. The molecule has 0 amide bonds. The maximum Gasteiger partial charge on any atom is 0.138 e. The van der Waals surface area contributed by atoms with Crippen molar-refractivity contribution in [2.24, 2.45) is 5.73 Å². The molecular formula is C11H12BrN3. The van der Waals surface area contributed by atoms with Crippen LogP contribution in [0.3, 0.4) is 0 Å². The molecule has 0 unspecified atom stereocenters. The molecule has 2 N–H and O–H groups in total. The summed E-state index contributed by atoms with van der Waals surface area (Å²) in [4.78, 5) is 4.58. The number of rotatable bonds is 1. The summed E-state index contributed by atoms with van der Waals surface area (Å²) >= 11 is 3.58. The lowest BCUT2D eigenvalue weighted by Crippen LogP contribution is -2.19. The maximum atomic E-state index is 6.16. The van der Waals surface area contributed by atoms with Crippen LogP contribution in [-0.4, -0.2) is 9.38 Å². The molecule has 3 rings (SSSR count). The molecule has 0 atom stereocenters. The molecule has 2 heterocycles. The normalized spacial score (nSPS) is 18.3. The van der Waals surface area contributed by atoms with E-state index in [1.807, 2.05) is 6.07 Å². The smallest absolute Gasteiger partial charge is 0.138 e. The van der Waals surface area contributed by atoms with E-state index in [1.54, 1.807) is 0 Å². The molecule has 4 heteroatoms. The van der Waals surface area contributed by atoms with Gasteiger partial charge in [0.1, 0.15) is 10.3 Å². The lowest BCUT2D eigenvalue weighted by Gasteiger charge is -2.04. The highest BCUT2D eigenvalue weighted by Crippen LogP contribution is 2.45. The van der Waals surface area contributed by atoms with Gasteiger partial charge in [0.25, 0.3) is 0 Å². The minimum absolute atomic E-state index is 0.182. The van der Waals surface area contributed by atoms with Crippen LogP contribution in [0.1, 0.15) is 24.1 Å². The molecule has 0 aliphatic heterocycles. The van der Waals surface area contributed by atoms with Crippen molar-refractivity contribution in [3.05, 3.63) is 34.2 Å². The van der Waals surface area contributed by atoms with Gasteiger partial charge in [-0.15, -0.1) is 0 Å². The number of pyridine rings is 1. The Labute approximate surface area is 96.4 Å². The quantitative estimate of drug-likeness (QED) is 0.861. The summed E-state index contributed by atoms with van der Waals surface area (Å²) in [6.45, 7) is 2.07. The first-order valence-corrected chi connectivity index (χ1v) is 5.83. The van der Waals surface area contributed by atoms with Crippen molar-refractivity contribution in [2.45, 2.75) is 25.3 Å². The Kier molecular flexibility index (Phi) is 1.77. The van der Waals surface area contributed by atoms with E-state index in [0.29, 0.717) is 0 Å². The van der Waals surface area contributed by atoms with Crippen LogP contribution in [0, 0.1) is 6.92 Å². The van der Waals surface area contributed by atoms with Crippen molar-refractivity contribution in [1.29, 1.82) is 0 Å². The molecule has 0 aromatic carbocycles.